The van der Waals surface area contributed by atoms with E-state index < -0.39 is 0 Å². The van der Waals surface area contributed by atoms with Crippen molar-refractivity contribution >= 4 is 22.9 Å². The maximum absolute atomic E-state index is 10.1. The molecule has 1 aromatic carbocycles. The second-order valence-electron chi connectivity index (χ2n) is 3.15. The Balaban J connectivity index is 2.15. The highest BCUT2D eigenvalue weighted by atomic mass is 32.1. The highest BCUT2D eigenvalue weighted by molar-refractivity contribution is 7.14. The molecule has 0 saturated heterocycles. The zero-order valence-electron chi connectivity index (χ0n) is 9.14. The minimum Gasteiger partial charge on any atom is -0.497 e. The molecule has 0 radical (unpaired) electrons. The van der Waals surface area contributed by atoms with Crippen molar-refractivity contribution in [1.82, 2.24) is 10.4 Å². The second kappa shape index (κ2) is 5.31. The highest BCUT2D eigenvalue weighted by Crippen LogP contribution is 2.25. The van der Waals surface area contributed by atoms with Gasteiger partial charge in [0.05, 0.1) is 12.8 Å². The molecular formula is C11H11N3O2S. The monoisotopic (exact) mass is 249 g/mol. The Morgan fingerprint density at radius 3 is 2.76 bits per heavy atom. The van der Waals surface area contributed by atoms with Crippen LogP contribution in [0, 0.1) is 0 Å². The van der Waals surface area contributed by atoms with Crippen molar-refractivity contribution in [3.63, 3.8) is 0 Å². The predicted molar refractivity (Wildman–Crippen MR) is 66.9 cm³/mol. The number of nitrogens with zero attached hydrogens (tertiary/aromatic N) is 1. The van der Waals surface area contributed by atoms with E-state index in [-0.39, 0.29) is 0 Å². The maximum atomic E-state index is 10.1. The van der Waals surface area contributed by atoms with Gasteiger partial charge in [-0.3, -0.25) is 15.6 Å². The molecule has 0 fully saturated rings. The third-order valence-corrected chi connectivity index (χ3v) is 2.89. The average Bonchev–Trinajstić information content (AvgIpc) is 2.85. The van der Waals surface area contributed by atoms with Crippen LogP contribution in [-0.2, 0) is 4.79 Å². The fourth-order valence-corrected chi connectivity index (χ4v) is 2.00. The summed E-state index contributed by atoms with van der Waals surface area (Å²) in [6.45, 7) is 0. The van der Waals surface area contributed by atoms with Crippen molar-refractivity contribution < 1.29 is 9.53 Å². The number of amides is 1. The molecule has 1 heterocycles. The first kappa shape index (κ1) is 11.4. The number of hydrazine groups is 1. The standard InChI is InChI=1S/C11H11N3O2S/c1-16-9-4-2-8(3-5-9)10-6-17-11(13-10)14-12-7-15/h2-7H,1H3,(H,12,15)(H,13,14). The van der Waals surface area contributed by atoms with E-state index in [0.717, 1.165) is 17.0 Å². The number of aromatic nitrogens is 1. The van der Waals surface area contributed by atoms with Crippen LogP contribution >= 0.6 is 11.3 Å². The summed E-state index contributed by atoms with van der Waals surface area (Å²) in [6, 6.07) is 7.63. The van der Waals surface area contributed by atoms with Crippen molar-refractivity contribution in [2.45, 2.75) is 0 Å². The van der Waals surface area contributed by atoms with E-state index >= 15 is 0 Å². The number of nitrogens with one attached hydrogen (secondary N) is 2. The molecule has 88 valence electrons. The molecule has 0 unspecified atom stereocenters. The topological polar surface area (TPSA) is 63.2 Å². The van der Waals surface area contributed by atoms with Gasteiger partial charge in [-0.1, -0.05) is 0 Å². The van der Waals surface area contributed by atoms with Crippen molar-refractivity contribution in [3.05, 3.63) is 29.6 Å². The number of carbonyl (C=O) groups excluding carboxylic acids is 1. The molecule has 2 N–H and O–H groups in total. The van der Waals surface area contributed by atoms with Gasteiger partial charge in [0.15, 0.2) is 0 Å². The lowest BCUT2D eigenvalue weighted by atomic mass is 10.2. The van der Waals surface area contributed by atoms with E-state index in [1.807, 2.05) is 29.6 Å². The van der Waals surface area contributed by atoms with Crippen LogP contribution in [0.15, 0.2) is 29.6 Å². The number of thiazole rings is 1. The van der Waals surface area contributed by atoms with Gasteiger partial charge in [-0.05, 0) is 24.3 Å². The Morgan fingerprint density at radius 2 is 2.12 bits per heavy atom. The summed E-state index contributed by atoms with van der Waals surface area (Å²) in [6.07, 6.45) is 0.564. The van der Waals surface area contributed by atoms with E-state index in [9.17, 15) is 4.79 Å². The van der Waals surface area contributed by atoms with Gasteiger partial charge in [0.2, 0.25) is 11.5 Å². The predicted octanol–water partition coefficient (Wildman–Crippen LogP) is 1.89. The zero-order chi connectivity index (χ0) is 12.1. The van der Waals surface area contributed by atoms with E-state index in [0.29, 0.717) is 11.5 Å². The van der Waals surface area contributed by atoms with Gasteiger partial charge in [-0.15, -0.1) is 11.3 Å². The molecule has 6 heteroatoms. The summed E-state index contributed by atoms with van der Waals surface area (Å²) in [5, 5.41) is 2.55. The first-order valence-electron chi connectivity index (χ1n) is 4.88. The maximum Gasteiger partial charge on any atom is 0.225 e. The van der Waals surface area contributed by atoms with Crippen molar-refractivity contribution in [1.29, 1.82) is 0 Å². The lowest BCUT2D eigenvalue weighted by molar-refractivity contribution is -0.109. The number of methoxy groups -OCH3 is 1. The van der Waals surface area contributed by atoms with Gasteiger partial charge in [0.1, 0.15) is 5.75 Å². The van der Waals surface area contributed by atoms with Crippen LogP contribution < -0.4 is 15.6 Å². The highest BCUT2D eigenvalue weighted by Gasteiger charge is 2.04. The molecule has 2 aromatic rings. The van der Waals surface area contributed by atoms with Gasteiger partial charge in [0, 0.05) is 10.9 Å². The molecule has 1 amide bonds. The van der Waals surface area contributed by atoms with Crippen molar-refractivity contribution in [2.75, 3.05) is 12.5 Å². The molecule has 0 aliphatic carbocycles. The molecule has 17 heavy (non-hydrogen) atoms. The lowest BCUT2D eigenvalue weighted by Gasteiger charge is -2.00. The average molecular weight is 249 g/mol. The zero-order valence-corrected chi connectivity index (χ0v) is 9.95. The third kappa shape index (κ3) is 2.73. The van der Waals surface area contributed by atoms with E-state index in [1.165, 1.54) is 11.3 Å². The Kier molecular flexibility index (Phi) is 3.56. The normalized spacial score (nSPS) is 9.71. The van der Waals surface area contributed by atoms with Gasteiger partial charge in [-0.2, -0.15) is 0 Å². The number of hydrogen-bond donors (Lipinski definition) is 2. The summed E-state index contributed by atoms with van der Waals surface area (Å²) in [5.74, 6) is 0.810. The number of rotatable bonds is 5. The first-order valence-corrected chi connectivity index (χ1v) is 5.76. The van der Waals surface area contributed by atoms with Crippen LogP contribution in [0.25, 0.3) is 11.3 Å². The Bertz CT molecular complexity index is 496. The van der Waals surface area contributed by atoms with Crippen LogP contribution in [0.2, 0.25) is 0 Å². The molecule has 0 spiro atoms. The van der Waals surface area contributed by atoms with Gasteiger partial charge < -0.3 is 4.74 Å². The quantitative estimate of drug-likeness (QED) is 0.627. The molecule has 0 saturated carbocycles. The fraction of sp³-hybridized carbons (Fsp3) is 0.0909. The van der Waals surface area contributed by atoms with E-state index in [1.54, 1.807) is 7.11 Å². The minimum atomic E-state index is 0.564. The van der Waals surface area contributed by atoms with Crippen molar-refractivity contribution in [2.24, 2.45) is 0 Å². The Labute approximate surface area is 102 Å². The molecule has 0 bridgehead atoms. The van der Waals surface area contributed by atoms with Crippen molar-refractivity contribution in [3.8, 4) is 17.0 Å². The molecule has 0 aliphatic rings. The molecular weight excluding hydrogens is 238 g/mol. The number of benzene rings is 1. The van der Waals surface area contributed by atoms with Crippen LogP contribution in [0.1, 0.15) is 0 Å². The Morgan fingerprint density at radius 1 is 1.35 bits per heavy atom. The van der Waals surface area contributed by atoms with E-state index in [2.05, 4.69) is 15.8 Å². The summed E-state index contributed by atoms with van der Waals surface area (Å²) in [7, 11) is 1.63. The molecule has 0 aliphatic heterocycles. The number of carbonyl (C=O) groups is 1. The van der Waals surface area contributed by atoms with Crippen LogP contribution in [0.4, 0.5) is 5.13 Å². The summed E-state index contributed by atoms with van der Waals surface area (Å²) in [4.78, 5) is 14.4. The summed E-state index contributed by atoms with van der Waals surface area (Å²) < 4.78 is 5.08. The largest absolute Gasteiger partial charge is 0.497 e. The molecule has 1 aromatic heterocycles. The van der Waals surface area contributed by atoms with Crippen LogP contribution in [0.5, 0.6) is 5.75 Å². The van der Waals surface area contributed by atoms with Gasteiger partial charge >= 0.3 is 0 Å². The number of ether oxygens (including phenoxy) is 1. The van der Waals surface area contributed by atoms with Crippen LogP contribution in [-0.4, -0.2) is 18.5 Å². The summed E-state index contributed by atoms with van der Waals surface area (Å²) >= 11 is 1.42. The molecule has 2 rings (SSSR count). The summed E-state index contributed by atoms with van der Waals surface area (Å²) in [5.41, 5.74) is 6.87. The minimum absolute atomic E-state index is 0.564. The van der Waals surface area contributed by atoms with E-state index in [4.69, 9.17) is 4.74 Å². The number of anilines is 1. The fourth-order valence-electron chi connectivity index (χ4n) is 1.32. The third-order valence-electron chi connectivity index (χ3n) is 2.13. The lowest BCUT2D eigenvalue weighted by Crippen LogP contribution is -2.18. The Hall–Kier alpha value is -2.08. The molecule has 5 nitrogen and oxygen atoms in total. The molecule has 0 atom stereocenters. The smallest absolute Gasteiger partial charge is 0.225 e. The first-order chi connectivity index (χ1) is 8.33. The van der Waals surface area contributed by atoms with Gasteiger partial charge in [0.25, 0.3) is 0 Å². The number of hydrogen-bond acceptors (Lipinski definition) is 5. The van der Waals surface area contributed by atoms with Gasteiger partial charge in [-0.25, -0.2) is 4.98 Å². The van der Waals surface area contributed by atoms with Crippen LogP contribution in [0.3, 0.4) is 0 Å². The second-order valence-corrected chi connectivity index (χ2v) is 4.01. The SMILES string of the molecule is COc1ccc(-c2csc(NNC=O)n2)cc1.